The van der Waals surface area contributed by atoms with Gasteiger partial charge in [0.05, 0.1) is 11.4 Å². The van der Waals surface area contributed by atoms with Gasteiger partial charge in [-0.1, -0.05) is 84.9 Å². The molecule has 5 rings (SSSR count). The van der Waals surface area contributed by atoms with Crippen LogP contribution in [-0.2, 0) is 13.0 Å². The lowest BCUT2D eigenvalue weighted by Gasteiger charge is -2.10. The van der Waals surface area contributed by atoms with E-state index in [1.54, 1.807) is 11.3 Å². The van der Waals surface area contributed by atoms with Crippen molar-refractivity contribution < 1.29 is 0 Å². The number of hydrogen-bond acceptors (Lipinski definition) is 2. The molecule has 0 radical (unpaired) electrons. The van der Waals surface area contributed by atoms with Gasteiger partial charge < -0.3 is 4.57 Å². The van der Waals surface area contributed by atoms with Gasteiger partial charge in [-0.25, -0.2) is 4.99 Å². The second-order valence-electron chi connectivity index (χ2n) is 7.30. The Hall–Kier alpha value is -3.43. The molecular weight excluding hydrogens is 384 g/mol. The molecule has 0 saturated heterocycles. The normalized spacial score (nSPS) is 11.8. The van der Waals surface area contributed by atoms with Crippen LogP contribution in [0.4, 0.5) is 5.69 Å². The summed E-state index contributed by atoms with van der Waals surface area (Å²) in [5, 5.41) is 4.76. The Balaban J connectivity index is 1.60. The first-order chi connectivity index (χ1) is 14.9. The maximum Gasteiger partial charge on any atom is 0.190 e. The van der Waals surface area contributed by atoms with Crippen molar-refractivity contribution in [3.05, 3.63) is 119 Å². The van der Waals surface area contributed by atoms with Crippen LogP contribution in [0.25, 0.3) is 22.0 Å². The molecule has 4 aromatic carbocycles. The van der Waals surface area contributed by atoms with Gasteiger partial charge in [-0.3, -0.25) is 0 Å². The first-order valence-electron chi connectivity index (χ1n) is 10.2. The number of benzene rings is 4. The van der Waals surface area contributed by atoms with Crippen molar-refractivity contribution in [1.29, 1.82) is 0 Å². The molecule has 146 valence electrons. The lowest BCUT2D eigenvalue weighted by atomic mass is 10.1. The highest BCUT2D eigenvalue weighted by Crippen LogP contribution is 2.25. The summed E-state index contributed by atoms with van der Waals surface area (Å²) >= 11 is 1.70. The molecule has 0 atom stereocenters. The van der Waals surface area contributed by atoms with Crippen LogP contribution in [-0.4, -0.2) is 4.57 Å². The molecule has 0 aliphatic rings. The smallest absolute Gasteiger partial charge is 0.190 e. The van der Waals surface area contributed by atoms with Crippen molar-refractivity contribution in [2.24, 2.45) is 4.99 Å². The number of aromatic nitrogens is 1. The predicted molar refractivity (Wildman–Crippen MR) is 127 cm³/mol. The fraction of sp³-hybridized carbons (Fsp3) is 0.0741. The lowest BCUT2D eigenvalue weighted by Crippen LogP contribution is -2.17. The van der Waals surface area contributed by atoms with Crippen molar-refractivity contribution in [3.8, 4) is 11.3 Å². The van der Waals surface area contributed by atoms with Gasteiger partial charge in [0, 0.05) is 11.9 Å². The number of nitrogens with zero attached hydrogens (tertiary/aromatic N) is 2. The quantitative estimate of drug-likeness (QED) is 0.304. The number of rotatable bonds is 5. The fourth-order valence-corrected chi connectivity index (χ4v) is 4.67. The standard InChI is InChI=1S/C27H22N2S/c1-3-9-21(10-4-1)17-18-29-26(20-30-27(29)28-25-13-5-2-6-14-25)24-16-15-22-11-7-8-12-23(22)19-24/h1-16,19-20H,17-18H2. The van der Waals surface area contributed by atoms with Crippen molar-refractivity contribution >= 4 is 27.8 Å². The molecule has 0 aliphatic carbocycles. The summed E-state index contributed by atoms with van der Waals surface area (Å²) in [6.45, 7) is 0.890. The molecule has 1 heterocycles. The summed E-state index contributed by atoms with van der Waals surface area (Å²) in [6, 6.07) is 36.1. The summed E-state index contributed by atoms with van der Waals surface area (Å²) in [5.74, 6) is 0. The van der Waals surface area contributed by atoms with Crippen LogP contribution in [0.15, 0.2) is 114 Å². The van der Waals surface area contributed by atoms with Crippen molar-refractivity contribution in [3.63, 3.8) is 0 Å². The van der Waals surface area contributed by atoms with Crippen LogP contribution in [0.2, 0.25) is 0 Å². The van der Waals surface area contributed by atoms with Crippen LogP contribution in [0, 0.1) is 0 Å². The molecule has 3 heteroatoms. The molecule has 0 aliphatic heterocycles. The number of fused-ring (bicyclic) bond motifs is 1. The summed E-state index contributed by atoms with van der Waals surface area (Å²) in [6.07, 6.45) is 0.972. The SMILES string of the molecule is c1ccc(CCn2c(-c3ccc4ccccc4c3)csc2=Nc2ccccc2)cc1. The maximum absolute atomic E-state index is 4.94. The molecule has 0 N–H and O–H groups in total. The summed E-state index contributed by atoms with van der Waals surface area (Å²) in [4.78, 5) is 5.97. The molecule has 0 spiro atoms. The van der Waals surface area contributed by atoms with Crippen LogP contribution in [0.1, 0.15) is 5.56 Å². The number of thiazole rings is 1. The van der Waals surface area contributed by atoms with Gasteiger partial charge in [-0.2, -0.15) is 0 Å². The average molecular weight is 407 g/mol. The van der Waals surface area contributed by atoms with Crippen molar-refractivity contribution in [2.45, 2.75) is 13.0 Å². The third kappa shape index (κ3) is 3.98. The van der Waals surface area contributed by atoms with E-state index in [9.17, 15) is 0 Å². The molecule has 30 heavy (non-hydrogen) atoms. The van der Waals surface area contributed by atoms with E-state index >= 15 is 0 Å². The van der Waals surface area contributed by atoms with Crippen LogP contribution in [0.3, 0.4) is 0 Å². The van der Waals surface area contributed by atoms with E-state index in [0.717, 1.165) is 23.5 Å². The molecule has 5 aromatic rings. The van der Waals surface area contributed by atoms with Gasteiger partial charge in [0.1, 0.15) is 0 Å². The van der Waals surface area contributed by atoms with E-state index in [-0.39, 0.29) is 0 Å². The van der Waals surface area contributed by atoms with Crippen molar-refractivity contribution in [1.82, 2.24) is 4.57 Å². The molecule has 2 nitrogen and oxygen atoms in total. The molecule has 0 unspecified atom stereocenters. The number of para-hydroxylation sites is 1. The van der Waals surface area contributed by atoms with E-state index in [2.05, 4.69) is 94.9 Å². The van der Waals surface area contributed by atoms with Gasteiger partial charge in [-0.15, -0.1) is 11.3 Å². The fourth-order valence-electron chi connectivity index (χ4n) is 3.71. The van der Waals surface area contributed by atoms with Crippen LogP contribution in [0.5, 0.6) is 0 Å². The summed E-state index contributed by atoms with van der Waals surface area (Å²) in [5.41, 5.74) is 4.77. The largest absolute Gasteiger partial charge is 0.316 e. The Morgan fingerprint density at radius 1 is 0.700 bits per heavy atom. The molecule has 0 saturated carbocycles. The highest BCUT2D eigenvalue weighted by molar-refractivity contribution is 7.07. The predicted octanol–water partition coefficient (Wildman–Crippen LogP) is 6.84. The maximum atomic E-state index is 4.94. The van der Waals surface area contributed by atoms with E-state index in [4.69, 9.17) is 4.99 Å². The van der Waals surface area contributed by atoms with Crippen LogP contribution < -0.4 is 4.80 Å². The van der Waals surface area contributed by atoms with Gasteiger partial charge in [-0.05, 0) is 46.5 Å². The van der Waals surface area contributed by atoms with Gasteiger partial charge in [0.2, 0.25) is 0 Å². The monoisotopic (exact) mass is 406 g/mol. The molecule has 1 aromatic heterocycles. The number of hydrogen-bond donors (Lipinski definition) is 0. The molecule has 0 amide bonds. The van der Waals surface area contributed by atoms with Crippen LogP contribution >= 0.6 is 11.3 Å². The zero-order valence-corrected chi connectivity index (χ0v) is 17.4. The minimum atomic E-state index is 0.890. The zero-order chi connectivity index (χ0) is 20.2. The Morgan fingerprint density at radius 3 is 2.20 bits per heavy atom. The summed E-state index contributed by atoms with van der Waals surface area (Å²) in [7, 11) is 0. The minimum absolute atomic E-state index is 0.890. The highest BCUT2D eigenvalue weighted by atomic mass is 32.1. The van der Waals surface area contributed by atoms with Gasteiger partial charge in [0.15, 0.2) is 4.80 Å². The van der Waals surface area contributed by atoms with Crippen molar-refractivity contribution in [2.75, 3.05) is 0 Å². The first kappa shape index (κ1) is 18.6. The Labute approximate surface area is 180 Å². The Kier molecular flexibility index (Phi) is 5.28. The van der Waals surface area contributed by atoms with E-state index in [0.29, 0.717) is 0 Å². The lowest BCUT2D eigenvalue weighted by molar-refractivity contribution is 0.684. The van der Waals surface area contributed by atoms with Gasteiger partial charge >= 0.3 is 0 Å². The molecule has 0 fully saturated rings. The summed E-state index contributed by atoms with van der Waals surface area (Å²) < 4.78 is 2.36. The second-order valence-corrected chi connectivity index (χ2v) is 8.14. The molecular formula is C27H22N2S. The minimum Gasteiger partial charge on any atom is -0.316 e. The second kappa shape index (κ2) is 8.52. The molecule has 0 bridgehead atoms. The Morgan fingerprint density at radius 2 is 1.40 bits per heavy atom. The first-order valence-corrected chi connectivity index (χ1v) is 11.1. The Bertz CT molecular complexity index is 1330. The highest BCUT2D eigenvalue weighted by Gasteiger charge is 2.09. The van der Waals surface area contributed by atoms with Gasteiger partial charge in [0.25, 0.3) is 0 Å². The third-order valence-electron chi connectivity index (χ3n) is 5.29. The van der Waals surface area contributed by atoms with E-state index < -0.39 is 0 Å². The third-order valence-corrected chi connectivity index (χ3v) is 6.15. The van der Waals surface area contributed by atoms with E-state index in [1.165, 1.54) is 27.6 Å². The number of aryl methyl sites for hydroxylation is 1. The zero-order valence-electron chi connectivity index (χ0n) is 16.6. The average Bonchev–Trinajstić information content (AvgIpc) is 3.21. The van der Waals surface area contributed by atoms with E-state index in [1.807, 2.05) is 18.2 Å². The topological polar surface area (TPSA) is 17.3 Å².